The van der Waals surface area contributed by atoms with Gasteiger partial charge in [-0.15, -0.1) is 0 Å². The number of carbonyl (C=O) groups excluding carboxylic acids is 1. The van der Waals surface area contributed by atoms with Gasteiger partial charge in [0.1, 0.15) is 24.0 Å². The minimum absolute atomic E-state index is 0.0823. The van der Waals surface area contributed by atoms with E-state index in [0.29, 0.717) is 35.6 Å². The maximum atomic E-state index is 12.5. The lowest BCUT2D eigenvalue weighted by Gasteiger charge is -2.11. The van der Waals surface area contributed by atoms with Gasteiger partial charge >= 0.3 is 0 Å². The van der Waals surface area contributed by atoms with Crippen LogP contribution in [0.15, 0.2) is 66.0 Å². The van der Waals surface area contributed by atoms with Crippen molar-refractivity contribution in [2.75, 3.05) is 18.4 Å². The SMILES string of the molecule is Cc1nc(NCCNC(=O)Cn2cnc3ccccc3c2=O)cc(-n2cccc2)n1. The van der Waals surface area contributed by atoms with Crippen molar-refractivity contribution in [2.45, 2.75) is 13.5 Å². The van der Waals surface area contributed by atoms with E-state index >= 15 is 0 Å². The fourth-order valence-electron chi connectivity index (χ4n) is 3.08. The topological polar surface area (TPSA) is 107 Å². The van der Waals surface area contributed by atoms with Crippen LogP contribution >= 0.6 is 0 Å². The van der Waals surface area contributed by atoms with E-state index < -0.39 is 0 Å². The first-order valence-electron chi connectivity index (χ1n) is 9.54. The highest BCUT2D eigenvalue weighted by atomic mass is 16.2. The number of carbonyl (C=O) groups is 1. The van der Waals surface area contributed by atoms with E-state index in [2.05, 4.69) is 25.6 Å². The van der Waals surface area contributed by atoms with Crippen LogP contribution in [0.25, 0.3) is 16.7 Å². The Morgan fingerprint density at radius 2 is 1.87 bits per heavy atom. The van der Waals surface area contributed by atoms with Gasteiger partial charge in [-0.25, -0.2) is 15.0 Å². The molecule has 0 bridgehead atoms. The lowest BCUT2D eigenvalue weighted by Crippen LogP contribution is -2.35. The van der Waals surface area contributed by atoms with Crippen molar-refractivity contribution in [2.24, 2.45) is 0 Å². The van der Waals surface area contributed by atoms with Crippen molar-refractivity contribution in [3.8, 4) is 5.82 Å². The van der Waals surface area contributed by atoms with E-state index in [-0.39, 0.29) is 18.0 Å². The number of rotatable bonds is 7. The maximum absolute atomic E-state index is 12.5. The number of nitrogens with one attached hydrogen (secondary N) is 2. The number of aromatic nitrogens is 5. The smallest absolute Gasteiger partial charge is 0.261 e. The molecular formula is C21H21N7O2. The monoisotopic (exact) mass is 403 g/mol. The van der Waals surface area contributed by atoms with Crippen molar-refractivity contribution in [1.29, 1.82) is 0 Å². The van der Waals surface area contributed by atoms with Crippen LogP contribution in [-0.4, -0.2) is 43.1 Å². The molecule has 0 radical (unpaired) electrons. The van der Waals surface area contributed by atoms with Crippen LogP contribution in [0.1, 0.15) is 5.82 Å². The lowest BCUT2D eigenvalue weighted by molar-refractivity contribution is -0.121. The summed E-state index contributed by atoms with van der Waals surface area (Å²) in [5.41, 5.74) is 0.380. The summed E-state index contributed by atoms with van der Waals surface area (Å²) >= 11 is 0. The average Bonchev–Trinajstić information content (AvgIpc) is 3.28. The van der Waals surface area contributed by atoms with E-state index in [1.54, 1.807) is 18.2 Å². The highest BCUT2D eigenvalue weighted by Gasteiger charge is 2.08. The van der Waals surface area contributed by atoms with Crippen LogP contribution in [0.3, 0.4) is 0 Å². The Hall–Kier alpha value is -4.01. The fourth-order valence-corrected chi connectivity index (χ4v) is 3.08. The largest absolute Gasteiger partial charge is 0.368 e. The highest BCUT2D eigenvalue weighted by molar-refractivity contribution is 5.78. The summed E-state index contributed by atoms with van der Waals surface area (Å²) < 4.78 is 3.21. The molecule has 0 aliphatic carbocycles. The van der Waals surface area contributed by atoms with E-state index in [1.165, 1.54) is 10.9 Å². The van der Waals surface area contributed by atoms with E-state index in [0.717, 1.165) is 5.82 Å². The number of benzene rings is 1. The molecule has 0 saturated carbocycles. The Labute approximate surface area is 172 Å². The van der Waals surface area contributed by atoms with Crippen molar-refractivity contribution in [3.05, 3.63) is 77.4 Å². The van der Waals surface area contributed by atoms with Crippen molar-refractivity contribution in [1.82, 2.24) is 29.4 Å². The predicted octanol–water partition coefficient (Wildman–Crippen LogP) is 1.51. The van der Waals surface area contributed by atoms with E-state index in [4.69, 9.17) is 0 Å². The molecular weight excluding hydrogens is 382 g/mol. The minimum atomic E-state index is -0.261. The van der Waals surface area contributed by atoms with Gasteiger partial charge in [-0.3, -0.25) is 14.2 Å². The van der Waals surface area contributed by atoms with Gasteiger partial charge in [0.2, 0.25) is 5.91 Å². The third kappa shape index (κ3) is 4.35. The van der Waals surface area contributed by atoms with Gasteiger partial charge < -0.3 is 15.2 Å². The lowest BCUT2D eigenvalue weighted by atomic mass is 10.2. The number of hydrogen-bond acceptors (Lipinski definition) is 6. The molecule has 0 unspecified atom stereocenters. The molecule has 0 atom stereocenters. The normalized spacial score (nSPS) is 10.8. The van der Waals surface area contributed by atoms with Crippen LogP contribution in [0, 0.1) is 6.92 Å². The maximum Gasteiger partial charge on any atom is 0.261 e. The zero-order valence-corrected chi connectivity index (χ0v) is 16.4. The minimum Gasteiger partial charge on any atom is -0.368 e. The standard InChI is InChI=1S/C21H21N7O2/c1-15-25-18(12-19(26-15)27-10-4-5-11-27)22-8-9-23-20(29)13-28-14-24-17-7-3-2-6-16(17)21(28)30/h2-7,10-12,14H,8-9,13H2,1H3,(H,23,29)(H,22,25,26). The molecule has 0 aliphatic rings. The quantitative estimate of drug-likeness (QED) is 0.453. The third-order valence-corrected chi connectivity index (χ3v) is 4.49. The Balaban J connectivity index is 1.32. The Kier molecular flexibility index (Phi) is 5.51. The fraction of sp³-hybridized carbons (Fsp3) is 0.190. The molecule has 152 valence electrons. The first kappa shape index (κ1) is 19.3. The number of hydrogen-bond donors (Lipinski definition) is 2. The van der Waals surface area contributed by atoms with Gasteiger partial charge in [0.25, 0.3) is 5.56 Å². The zero-order chi connectivity index (χ0) is 20.9. The first-order valence-corrected chi connectivity index (χ1v) is 9.54. The Bertz CT molecular complexity index is 1230. The number of para-hydroxylation sites is 1. The Morgan fingerprint density at radius 1 is 1.07 bits per heavy atom. The van der Waals surface area contributed by atoms with Gasteiger partial charge in [0.15, 0.2) is 0 Å². The molecule has 0 spiro atoms. The van der Waals surface area contributed by atoms with E-state index in [9.17, 15) is 9.59 Å². The van der Waals surface area contributed by atoms with Crippen LogP contribution in [0.4, 0.5) is 5.82 Å². The molecule has 4 aromatic rings. The molecule has 1 aromatic carbocycles. The number of fused-ring (bicyclic) bond motifs is 1. The summed E-state index contributed by atoms with van der Waals surface area (Å²) in [6.45, 7) is 2.62. The number of aryl methyl sites for hydroxylation is 1. The second-order valence-electron chi connectivity index (χ2n) is 6.72. The highest BCUT2D eigenvalue weighted by Crippen LogP contribution is 2.11. The van der Waals surface area contributed by atoms with E-state index in [1.807, 2.05) is 48.1 Å². The Morgan fingerprint density at radius 3 is 2.70 bits per heavy atom. The van der Waals surface area contributed by atoms with Crippen LogP contribution in [-0.2, 0) is 11.3 Å². The summed E-state index contributed by atoms with van der Waals surface area (Å²) in [6, 6.07) is 12.8. The molecule has 1 amide bonds. The van der Waals surface area contributed by atoms with Gasteiger partial charge in [-0.2, -0.15) is 0 Å². The molecule has 9 nitrogen and oxygen atoms in total. The summed E-state index contributed by atoms with van der Waals surface area (Å²) in [7, 11) is 0. The molecule has 30 heavy (non-hydrogen) atoms. The zero-order valence-electron chi connectivity index (χ0n) is 16.4. The summed E-state index contributed by atoms with van der Waals surface area (Å²) in [5.74, 6) is 1.83. The molecule has 3 aromatic heterocycles. The van der Waals surface area contributed by atoms with Gasteiger partial charge in [0.05, 0.1) is 17.2 Å². The van der Waals surface area contributed by atoms with Gasteiger partial charge in [-0.05, 0) is 31.2 Å². The summed E-state index contributed by atoms with van der Waals surface area (Å²) in [6.07, 6.45) is 5.22. The second-order valence-corrected chi connectivity index (χ2v) is 6.72. The summed E-state index contributed by atoms with van der Waals surface area (Å²) in [4.78, 5) is 37.7. The van der Waals surface area contributed by atoms with Crippen LogP contribution < -0.4 is 16.2 Å². The van der Waals surface area contributed by atoms with Crippen molar-refractivity contribution in [3.63, 3.8) is 0 Å². The molecule has 0 saturated heterocycles. The molecule has 2 N–H and O–H groups in total. The molecule has 9 heteroatoms. The molecule has 4 rings (SSSR count). The average molecular weight is 403 g/mol. The van der Waals surface area contributed by atoms with Crippen molar-refractivity contribution < 1.29 is 4.79 Å². The van der Waals surface area contributed by atoms with Crippen molar-refractivity contribution >= 4 is 22.6 Å². The number of nitrogens with zero attached hydrogens (tertiary/aromatic N) is 5. The predicted molar refractivity (Wildman–Crippen MR) is 114 cm³/mol. The number of anilines is 1. The number of amides is 1. The van der Waals surface area contributed by atoms with Crippen LogP contribution in [0.2, 0.25) is 0 Å². The molecule has 0 fully saturated rings. The third-order valence-electron chi connectivity index (χ3n) is 4.49. The van der Waals surface area contributed by atoms with Crippen LogP contribution in [0.5, 0.6) is 0 Å². The first-order chi connectivity index (χ1) is 14.6. The molecule has 0 aliphatic heterocycles. The second kappa shape index (κ2) is 8.56. The summed E-state index contributed by atoms with van der Waals surface area (Å²) in [5, 5.41) is 6.47. The van der Waals surface area contributed by atoms with Gasteiger partial charge in [-0.1, -0.05) is 12.1 Å². The van der Waals surface area contributed by atoms with Gasteiger partial charge in [0, 0.05) is 31.5 Å². The molecule has 3 heterocycles.